The van der Waals surface area contributed by atoms with Crippen LogP contribution in [0.2, 0.25) is 0 Å². The van der Waals surface area contributed by atoms with Gasteiger partial charge in [0.15, 0.2) is 0 Å². The number of nitrogens with zero attached hydrogens (tertiary/aromatic N) is 2. The molecule has 0 bridgehead atoms. The molecule has 100 valence electrons. The van der Waals surface area contributed by atoms with Crippen LogP contribution in [-0.2, 0) is 4.74 Å². The van der Waals surface area contributed by atoms with Crippen molar-refractivity contribution in [3.05, 3.63) is 18.3 Å². The van der Waals surface area contributed by atoms with E-state index in [2.05, 4.69) is 49.0 Å². The molecule has 0 saturated carbocycles. The molecule has 2 rings (SSSR count). The molecule has 1 aliphatic heterocycles. The van der Waals surface area contributed by atoms with Crippen LogP contribution in [0.4, 0.5) is 11.5 Å². The number of nitrogens with one attached hydrogen (secondary N) is 1. The minimum atomic E-state index is 0.0424. The minimum absolute atomic E-state index is 0.0424. The quantitative estimate of drug-likeness (QED) is 0.874. The molecule has 1 aromatic heterocycles. The van der Waals surface area contributed by atoms with E-state index in [9.17, 15) is 0 Å². The van der Waals surface area contributed by atoms with Crippen LogP contribution in [0, 0.1) is 0 Å². The van der Waals surface area contributed by atoms with Crippen LogP contribution in [0.25, 0.3) is 0 Å². The van der Waals surface area contributed by atoms with Crippen molar-refractivity contribution in [1.82, 2.24) is 4.98 Å². The van der Waals surface area contributed by atoms with E-state index in [0.717, 1.165) is 25.6 Å². The van der Waals surface area contributed by atoms with E-state index in [4.69, 9.17) is 4.74 Å². The van der Waals surface area contributed by atoms with Gasteiger partial charge in [0.25, 0.3) is 0 Å². The molecule has 0 radical (unpaired) electrons. The van der Waals surface area contributed by atoms with Gasteiger partial charge in [-0.3, -0.25) is 0 Å². The summed E-state index contributed by atoms with van der Waals surface area (Å²) in [7, 11) is 0. The zero-order valence-corrected chi connectivity index (χ0v) is 11.7. The first-order valence-electron chi connectivity index (χ1n) is 6.54. The molecule has 0 aliphatic carbocycles. The number of anilines is 2. The Labute approximate surface area is 109 Å². The lowest BCUT2D eigenvalue weighted by molar-refractivity contribution is 0.0989. The molecule has 1 aliphatic rings. The van der Waals surface area contributed by atoms with Gasteiger partial charge in [-0.2, -0.15) is 0 Å². The molecule has 4 nitrogen and oxygen atoms in total. The van der Waals surface area contributed by atoms with Crippen LogP contribution in [0.1, 0.15) is 27.7 Å². The van der Waals surface area contributed by atoms with Gasteiger partial charge in [0, 0.05) is 18.1 Å². The number of hydrogen-bond donors (Lipinski definition) is 1. The van der Waals surface area contributed by atoms with E-state index >= 15 is 0 Å². The second kappa shape index (κ2) is 5.14. The predicted molar refractivity (Wildman–Crippen MR) is 75.2 cm³/mol. The fourth-order valence-corrected chi connectivity index (χ4v) is 2.12. The third-order valence-corrected chi connectivity index (χ3v) is 2.95. The molecule has 0 aromatic carbocycles. The average molecular weight is 249 g/mol. The molecule has 1 aromatic rings. The fourth-order valence-electron chi connectivity index (χ4n) is 2.12. The first-order valence-corrected chi connectivity index (χ1v) is 6.54. The molecule has 18 heavy (non-hydrogen) atoms. The molecule has 2 heterocycles. The van der Waals surface area contributed by atoms with Crippen molar-refractivity contribution in [2.75, 3.05) is 30.0 Å². The van der Waals surface area contributed by atoms with Crippen molar-refractivity contribution >= 4 is 11.5 Å². The summed E-state index contributed by atoms with van der Waals surface area (Å²) < 4.78 is 5.45. The lowest BCUT2D eigenvalue weighted by atomic mass is 10.1. The second-order valence-electron chi connectivity index (χ2n) is 5.89. The molecule has 0 amide bonds. The molecular weight excluding hydrogens is 226 g/mol. The van der Waals surface area contributed by atoms with Gasteiger partial charge in [-0.05, 0) is 39.8 Å². The number of ether oxygens (including phenoxy) is 1. The average Bonchev–Trinajstić information content (AvgIpc) is 2.29. The lowest BCUT2D eigenvalue weighted by Crippen LogP contribution is -2.43. The van der Waals surface area contributed by atoms with Gasteiger partial charge in [0.2, 0.25) is 0 Å². The van der Waals surface area contributed by atoms with Gasteiger partial charge in [0.1, 0.15) is 5.82 Å². The molecule has 1 N–H and O–H groups in total. The third kappa shape index (κ3) is 3.35. The number of rotatable bonds is 2. The van der Waals surface area contributed by atoms with Gasteiger partial charge >= 0.3 is 0 Å². The highest BCUT2D eigenvalue weighted by Gasteiger charge is 2.19. The summed E-state index contributed by atoms with van der Waals surface area (Å²) >= 11 is 0. The Kier molecular flexibility index (Phi) is 3.76. The number of pyridine rings is 1. The van der Waals surface area contributed by atoms with E-state index in [1.807, 2.05) is 12.3 Å². The summed E-state index contributed by atoms with van der Waals surface area (Å²) in [4.78, 5) is 6.82. The molecular formula is C14H23N3O. The van der Waals surface area contributed by atoms with Crippen LogP contribution in [0.15, 0.2) is 18.3 Å². The first kappa shape index (κ1) is 13.1. The maximum Gasteiger partial charge on any atom is 0.126 e. The Bertz CT molecular complexity index is 383. The van der Waals surface area contributed by atoms with Crippen molar-refractivity contribution in [2.24, 2.45) is 0 Å². The maximum atomic E-state index is 5.45. The Balaban J connectivity index is 2.07. The first-order chi connectivity index (χ1) is 8.46. The zero-order valence-electron chi connectivity index (χ0n) is 11.7. The highest BCUT2D eigenvalue weighted by Crippen LogP contribution is 2.21. The van der Waals surface area contributed by atoms with E-state index < -0.39 is 0 Å². The highest BCUT2D eigenvalue weighted by atomic mass is 16.5. The summed E-state index contributed by atoms with van der Waals surface area (Å²) in [5, 5.41) is 3.37. The van der Waals surface area contributed by atoms with Crippen LogP contribution in [-0.4, -0.2) is 36.3 Å². The van der Waals surface area contributed by atoms with Gasteiger partial charge in [0.05, 0.1) is 25.1 Å². The molecule has 4 heteroatoms. The normalized spacial score (nSPS) is 20.9. The monoisotopic (exact) mass is 249 g/mol. The van der Waals surface area contributed by atoms with E-state index in [1.54, 1.807) is 0 Å². The summed E-state index contributed by atoms with van der Waals surface area (Å²) in [6, 6.07) is 4.59. The third-order valence-electron chi connectivity index (χ3n) is 2.95. The van der Waals surface area contributed by atoms with Crippen molar-refractivity contribution in [3.8, 4) is 0 Å². The summed E-state index contributed by atoms with van der Waals surface area (Å²) in [5.74, 6) is 0.923. The fraction of sp³-hybridized carbons (Fsp3) is 0.643. The van der Waals surface area contributed by atoms with E-state index in [1.165, 1.54) is 5.69 Å². The second-order valence-corrected chi connectivity index (χ2v) is 5.89. The van der Waals surface area contributed by atoms with Crippen LogP contribution >= 0.6 is 0 Å². The van der Waals surface area contributed by atoms with Crippen molar-refractivity contribution in [3.63, 3.8) is 0 Å². The Morgan fingerprint density at radius 1 is 1.39 bits per heavy atom. The Morgan fingerprint density at radius 3 is 2.72 bits per heavy atom. The van der Waals surface area contributed by atoms with Crippen LogP contribution < -0.4 is 10.2 Å². The molecule has 1 atom stereocenters. The van der Waals surface area contributed by atoms with Gasteiger partial charge < -0.3 is 15.0 Å². The van der Waals surface area contributed by atoms with Gasteiger partial charge in [-0.25, -0.2) is 4.98 Å². The Hall–Kier alpha value is -1.29. The lowest BCUT2D eigenvalue weighted by Gasteiger charge is -2.35. The zero-order chi connectivity index (χ0) is 13.2. The largest absolute Gasteiger partial charge is 0.377 e. The number of hydrogen-bond acceptors (Lipinski definition) is 4. The number of aromatic nitrogens is 1. The number of morpholine rings is 1. The topological polar surface area (TPSA) is 37.4 Å². The van der Waals surface area contributed by atoms with Crippen molar-refractivity contribution < 1.29 is 4.74 Å². The standard InChI is InChI=1S/C14H23N3O/c1-11-10-18-8-7-17(11)12-5-6-13(15-9-12)16-14(2,3)4/h5-6,9,11H,7-8,10H2,1-4H3,(H,15,16). The smallest absolute Gasteiger partial charge is 0.126 e. The summed E-state index contributed by atoms with van der Waals surface area (Å²) in [6.45, 7) is 11.1. The van der Waals surface area contributed by atoms with E-state index in [-0.39, 0.29) is 5.54 Å². The van der Waals surface area contributed by atoms with Crippen LogP contribution in [0.3, 0.4) is 0 Å². The van der Waals surface area contributed by atoms with Gasteiger partial charge in [-0.15, -0.1) is 0 Å². The molecule has 0 spiro atoms. The molecule has 1 fully saturated rings. The van der Waals surface area contributed by atoms with E-state index in [0.29, 0.717) is 6.04 Å². The van der Waals surface area contributed by atoms with Crippen molar-refractivity contribution in [2.45, 2.75) is 39.3 Å². The SMILES string of the molecule is CC1COCCN1c1ccc(NC(C)(C)C)nc1. The molecule has 1 saturated heterocycles. The maximum absolute atomic E-state index is 5.45. The molecule has 1 unspecified atom stereocenters. The Morgan fingerprint density at radius 2 is 2.17 bits per heavy atom. The van der Waals surface area contributed by atoms with Gasteiger partial charge in [-0.1, -0.05) is 0 Å². The highest BCUT2D eigenvalue weighted by molar-refractivity contribution is 5.51. The summed E-state index contributed by atoms with van der Waals surface area (Å²) in [5.41, 5.74) is 1.21. The summed E-state index contributed by atoms with van der Waals surface area (Å²) in [6.07, 6.45) is 1.94. The minimum Gasteiger partial charge on any atom is -0.377 e. The predicted octanol–water partition coefficient (Wildman–Crippen LogP) is 2.52. The van der Waals surface area contributed by atoms with Crippen molar-refractivity contribution in [1.29, 1.82) is 0 Å². The van der Waals surface area contributed by atoms with Crippen LogP contribution in [0.5, 0.6) is 0 Å².